The molecule has 1 aliphatic carbocycles. The molecular weight excluding hydrogens is 634 g/mol. The van der Waals surface area contributed by atoms with Crippen molar-refractivity contribution in [2.75, 3.05) is 33.0 Å². The fraction of sp³-hybridized carbons (Fsp3) is 0.658. The molecule has 2 aliphatic rings. The summed E-state index contributed by atoms with van der Waals surface area (Å²) < 4.78 is 0. The summed E-state index contributed by atoms with van der Waals surface area (Å²) in [6, 6.07) is 6.92. The number of benzene rings is 1. The van der Waals surface area contributed by atoms with Gasteiger partial charge in [0, 0.05) is 30.7 Å². The highest BCUT2D eigenvalue weighted by atomic mass is 16.2. The molecule has 4 amide bonds. The molecule has 1 saturated carbocycles. The van der Waals surface area contributed by atoms with E-state index >= 15 is 0 Å². The molecule has 6 unspecified atom stereocenters. The Morgan fingerprint density at radius 1 is 0.940 bits per heavy atom. The van der Waals surface area contributed by atoms with Gasteiger partial charge in [0.2, 0.25) is 23.6 Å². The molecule has 1 heterocycles. The van der Waals surface area contributed by atoms with Crippen molar-refractivity contribution in [3.05, 3.63) is 42.5 Å². The van der Waals surface area contributed by atoms with Crippen LogP contribution in [0.25, 0.3) is 0 Å². The van der Waals surface area contributed by atoms with E-state index in [0.717, 1.165) is 31.2 Å². The predicted molar refractivity (Wildman–Crippen MR) is 203 cm³/mol. The zero-order valence-electron chi connectivity index (χ0n) is 32.5. The molecule has 0 bridgehead atoms. The number of nitrogens with one attached hydrogen (secondary N) is 5. The zero-order valence-corrected chi connectivity index (χ0v) is 32.5. The standard InChI is InChI=1S/C17H31N3O2.C11H11NO2.C9H20N2O.CH5N/c1-11(18-5)15(21)19-14(17(2,3)4)16(22)20-10-9-12-7-6-8-13(12)20;1-2-11(14)12-10-5-3-4-9(8-10)6-7-13;1-6(2)7(3)11-9(12)8(4)10-5;1-2/h11-14,18H,6-10H2,1-5H3,(H,19,21);2-5,7-8H,1,6H2,(H,12,14);6-8,10H,1-5H3,(H,11,12);2H2,1H3. The number of aldehydes is 1. The molecule has 0 radical (unpaired) electrons. The van der Waals surface area contributed by atoms with Crippen molar-refractivity contribution < 1.29 is 24.0 Å². The number of likely N-dealkylation sites (N-methyl/N-ethyl adjacent to an activating group) is 2. The van der Waals surface area contributed by atoms with Crippen molar-refractivity contribution in [3.8, 4) is 0 Å². The van der Waals surface area contributed by atoms with Crippen LogP contribution in [0, 0.1) is 17.3 Å². The van der Waals surface area contributed by atoms with Gasteiger partial charge in [-0.15, -0.1) is 0 Å². The molecule has 3 rings (SSSR count). The summed E-state index contributed by atoms with van der Waals surface area (Å²) in [7, 11) is 5.03. The number of likely N-dealkylation sites (tertiary alicyclic amines) is 1. The third-order valence-electron chi connectivity index (χ3n) is 9.16. The number of anilines is 1. The maximum atomic E-state index is 13.1. The molecule has 2 fully saturated rings. The number of nitrogens with two attached hydrogens (primary N) is 1. The van der Waals surface area contributed by atoms with Crippen LogP contribution in [0.1, 0.15) is 86.6 Å². The average Bonchev–Trinajstić information content (AvgIpc) is 3.72. The average molecular weight is 702 g/mol. The summed E-state index contributed by atoms with van der Waals surface area (Å²) in [6.07, 6.45) is 7.10. The van der Waals surface area contributed by atoms with Gasteiger partial charge in [0.05, 0.1) is 12.1 Å². The molecule has 1 aliphatic heterocycles. The number of nitrogens with zero attached hydrogens (tertiary/aromatic N) is 1. The number of carbonyl (C=O) groups excluding carboxylic acids is 5. The highest BCUT2D eigenvalue weighted by Crippen LogP contribution is 2.39. The van der Waals surface area contributed by atoms with Crippen molar-refractivity contribution in [3.63, 3.8) is 0 Å². The first-order chi connectivity index (χ1) is 23.5. The Balaban J connectivity index is 0.000000745. The molecule has 7 N–H and O–H groups in total. The zero-order chi connectivity index (χ0) is 38.6. The van der Waals surface area contributed by atoms with Crippen molar-refractivity contribution in [1.82, 2.24) is 26.2 Å². The van der Waals surface area contributed by atoms with Gasteiger partial charge in [-0.2, -0.15) is 0 Å². The molecule has 50 heavy (non-hydrogen) atoms. The molecule has 6 atom stereocenters. The topological polar surface area (TPSA) is 175 Å². The van der Waals surface area contributed by atoms with Gasteiger partial charge in [-0.1, -0.05) is 59.8 Å². The Morgan fingerprint density at radius 2 is 1.52 bits per heavy atom. The Bertz CT molecular complexity index is 1220. The van der Waals surface area contributed by atoms with Gasteiger partial charge in [-0.25, -0.2) is 0 Å². The van der Waals surface area contributed by atoms with Gasteiger partial charge in [-0.3, -0.25) is 19.2 Å². The number of carbonyl (C=O) groups is 5. The van der Waals surface area contributed by atoms with Crippen LogP contribution in [-0.4, -0.2) is 92.7 Å². The number of fused-ring (bicyclic) bond motifs is 1. The Hall–Kier alpha value is -3.61. The molecule has 1 aromatic rings. The lowest BCUT2D eigenvalue weighted by Gasteiger charge is -2.36. The summed E-state index contributed by atoms with van der Waals surface area (Å²) in [6.45, 7) is 20.1. The summed E-state index contributed by atoms with van der Waals surface area (Å²) in [4.78, 5) is 59.9. The minimum absolute atomic E-state index is 0.0682. The van der Waals surface area contributed by atoms with E-state index in [1.807, 2.05) is 52.5 Å². The lowest BCUT2D eigenvalue weighted by molar-refractivity contribution is -0.140. The van der Waals surface area contributed by atoms with Crippen LogP contribution in [0.3, 0.4) is 0 Å². The van der Waals surface area contributed by atoms with Gasteiger partial charge < -0.3 is 42.0 Å². The van der Waals surface area contributed by atoms with Crippen LogP contribution in [0.15, 0.2) is 36.9 Å². The maximum absolute atomic E-state index is 13.1. The lowest BCUT2D eigenvalue weighted by Crippen LogP contribution is -2.58. The summed E-state index contributed by atoms with van der Waals surface area (Å²) in [5.74, 6) is 0.956. The first-order valence-electron chi connectivity index (χ1n) is 17.8. The Morgan fingerprint density at radius 3 is 2.02 bits per heavy atom. The van der Waals surface area contributed by atoms with Gasteiger partial charge in [0.1, 0.15) is 12.3 Å². The highest BCUT2D eigenvalue weighted by molar-refractivity contribution is 5.98. The van der Waals surface area contributed by atoms with Crippen molar-refractivity contribution >= 4 is 35.6 Å². The van der Waals surface area contributed by atoms with Crippen LogP contribution in [0.4, 0.5) is 5.69 Å². The fourth-order valence-electron chi connectivity index (χ4n) is 5.43. The van der Waals surface area contributed by atoms with E-state index in [4.69, 9.17) is 0 Å². The monoisotopic (exact) mass is 702 g/mol. The maximum Gasteiger partial charge on any atom is 0.247 e. The van der Waals surface area contributed by atoms with E-state index < -0.39 is 6.04 Å². The van der Waals surface area contributed by atoms with Crippen LogP contribution in [0.2, 0.25) is 0 Å². The van der Waals surface area contributed by atoms with Crippen molar-refractivity contribution in [2.24, 2.45) is 23.0 Å². The molecule has 0 spiro atoms. The molecule has 1 saturated heterocycles. The number of rotatable bonds is 12. The number of amides is 4. The predicted octanol–water partition coefficient (Wildman–Crippen LogP) is 3.41. The third-order valence-corrected chi connectivity index (χ3v) is 9.16. The van der Waals surface area contributed by atoms with Gasteiger partial charge in [0.15, 0.2) is 0 Å². The van der Waals surface area contributed by atoms with Crippen molar-refractivity contribution in [1.29, 1.82) is 0 Å². The summed E-state index contributed by atoms with van der Waals surface area (Å²) in [5.41, 5.74) is 5.76. The van der Waals surface area contributed by atoms with E-state index in [-0.39, 0.29) is 47.2 Å². The first kappa shape index (κ1) is 46.4. The second-order valence-electron chi connectivity index (χ2n) is 14.2. The Kier molecular flexibility index (Phi) is 22.0. The molecule has 12 nitrogen and oxygen atoms in total. The van der Waals surface area contributed by atoms with Crippen LogP contribution >= 0.6 is 0 Å². The first-order valence-corrected chi connectivity index (χ1v) is 17.8. The SMILES string of the molecule is C=CC(=O)Nc1cccc(CC=O)c1.CN.CNC(C)C(=O)NC(C(=O)N1CCC2CCCC21)C(C)(C)C.CNC(C)C(=O)NC(C)C(C)C. The van der Waals surface area contributed by atoms with E-state index in [1.165, 1.54) is 26.0 Å². The van der Waals surface area contributed by atoms with Crippen molar-refractivity contribution in [2.45, 2.75) is 118 Å². The van der Waals surface area contributed by atoms with Gasteiger partial charge in [0.25, 0.3) is 0 Å². The second kappa shape index (κ2) is 23.7. The molecular formula is C38H67N7O5. The largest absolute Gasteiger partial charge is 0.352 e. The normalized spacial score (nSPS) is 18.5. The lowest BCUT2D eigenvalue weighted by atomic mass is 9.85. The summed E-state index contributed by atoms with van der Waals surface area (Å²) >= 11 is 0. The van der Waals surface area contributed by atoms with E-state index in [1.54, 1.807) is 32.3 Å². The highest BCUT2D eigenvalue weighted by Gasteiger charge is 2.44. The smallest absolute Gasteiger partial charge is 0.247 e. The number of hydrogen-bond donors (Lipinski definition) is 6. The molecule has 12 heteroatoms. The van der Waals surface area contributed by atoms with Crippen LogP contribution < -0.4 is 32.3 Å². The molecule has 1 aromatic carbocycles. The molecule has 0 aromatic heterocycles. The minimum Gasteiger partial charge on any atom is -0.352 e. The minimum atomic E-state index is -0.463. The van der Waals surface area contributed by atoms with Crippen LogP contribution in [-0.2, 0) is 30.4 Å². The third kappa shape index (κ3) is 15.9. The van der Waals surface area contributed by atoms with E-state index in [0.29, 0.717) is 30.0 Å². The van der Waals surface area contributed by atoms with Gasteiger partial charge in [-0.05, 0) is 102 Å². The quantitative estimate of drug-likeness (QED) is 0.142. The molecule has 284 valence electrons. The van der Waals surface area contributed by atoms with Crippen LogP contribution in [0.5, 0.6) is 0 Å². The van der Waals surface area contributed by atoms with Gasteiger partial charge >= 0.3 is 0 Å². The number of hydrogen-bond acceptors (Lipinski definition) is 8. The Labute approximate surface area is 301 Å². The van der Waals surface area contributed by atoms with E-state index in [9.17, 15) is 24.0 Å². The van der Waals surface area contributed by atoms with E-state index in [2.05, 4.69) is 52.7 Å². The summed E-state index contributed by atoms with van der Waals surface area (Å²) in [5, 5.41) is 14.3. The second-order valence-corrected chi connectivity index (χ2v) is 14.2. The fourth-order valence-corrected chi connectivity index (χ4v) is 5.43.